The molecular weight excluding hydrogens is 228 g/mol. The lowest BCUT2D eigenvalue weighted by Gasteiger charge is -2.22. The van der Waals surface area contributed by atoms with Crippen LogP contribution in [0.2, 0.25) is 0 Å². The van der Waals surface area contributed by atoms with E-state index in [9.17, 15) is 4.79 Å². The summed E-state index contributed by atoms with van der Waals surface area (Å²) in [6.07, 6.45) is 3.51. The fourth-order valence-electron chi connectivity index (χ4n) is 1.62. The minimum atomic E-state index is -0.232. The summed E-state index contributed by atoms with van der Waals surface area (Å²) < 4.78 is 1.91. The number of hydrogen-bond donors (Lipinski definition) is 2. The van der Waals surface area contributed by atoms with Gasteiger partial charge in [0.15, 0.2) is 0 Å². The van der Waals surface area contributed by atoms with Crippen LogP contribution in [0.4, 0.5) is 0 Å². The lowest BCUT2D eigenvalue weighted by atomic mass is 10.1. The molecule has 2 N–H and O–H groups in total. The zero-order valence-electron chi connectivity index (χ0n) is 11.9. The summed E-state index contributed by atoms with van der Waals surface area (Å²) in [5.74, 6) is 0.0208. The Morgan fingerprint density at radius 1 is 1.50 bits per heavy atom. The number of imidazole rings is 1. The maximum Gasteiger partial charge on any atom is 0.242 e. The van der Waals surface area contributed by atoms with Gasteiger partial charge in [0, 0.05) is 24.8 Å². The standard InChI is InChI=1S/C13H24N4O/c1-6-15-12(18)10(2)17-9-14-7-11(17)8-16-13(3,4)5/h7,9-10,16H,6,8H2,1-5H3,(H,15,18). The van der Waals surface area contributed by atoms with Crippen LogP contribution in [0.25, 0.3) is 0 Å². The third kappa shape index (κ3) is 4.14. The molecule has 1 aromatic rings. The number of nitrogens with zero attached hydrogens (tertiary/aromatic N) is 2. The van der Waals surface area contributed by atoms with E-state index in [-0.39, 0.29) is 17.5 Å². The molecule has 0 spiro atoms. The number of carbonyl (C=O) groups excluding carboxylic acids is 1. The van der Waals surface area contributed by atoms with Gasteiger partial charge in [0.1, 0.15) is 6.04 Å². The Bertz CT molecular complexity index is 392. The average Bonchev–Trinajstić information content (AvgIpc) is 2.72. The summed E-state index contributed by atoms with van der Waals surface area (Å²) in [4.78, 5) is 15.9. The van der Waals surface area contributed by atoms with E-state index < -0.39 is 0 Å². The Morgan fingerprint density at radius 2 is 2.17 bits per heavy atom. The van der Waals surface area contributed by atoms with E-state index in [0.717, 1.165) is 5.69 Å². The van der Waals surface area contributed by atoms with Gasteiger partial charge in [0.05, 0.1) is 12.0 Å². The highest BCUT2D eigenvalue weighted by molar-refractivity contribution is 5.79. The van der Waals surface area contributed by atoms with Gasteiger partial charge >= 0.3 is 0 Å². The summed E-state index contributed by atoms with van der Waals surface area (Å²) in [5, 5.41) is 6.22. The van der Waals surface area contributed by atoms with Crippen LogP contribution in [0.1, 0.15) is 46.4 Å². The zero-order chi connectivity index (χ0) is 13.8. The molecule has 0 saturated heterocycles. The molecule has 0 aliphatic rings. The molecule has 1 rings (SSSR count). The molecule has 1 unspecified atom stereocenters. The first-order chi connectivity index (χ1) is 8.35. The number of hydrogen-bond acceptors (Lipinski definition) is 3. The Morgan fingerprint density at radius 3 is 2.72 bits per heavy atom. The largest absolute Gasteiger partial charge is 0.355 e. The van der Waals surface area contributed by atoms with Crippen molar-refractivity contribution in [2.45, 2.75) is 52.7 Å². The van der Waals surface area contributed by atoms with Gasteiger partial charge in [-0.1, -0.05) is 0 Å². The molecule has 0 aliphatic carbocycles. The van der Waals surface area contributed by atoms with Gasteiger partial charge in [-0.15, -0.1) is 0 Å². The lowest BCUT2D eigenvalue weighted by molar-refractivity contribution is -0.123. The summed E-state index contributed by atoms with van der Waals surface area (Å²) in [6, 6.07) is -0.232. The number of rotatable bonds is 5. The molecule has 0 saturated carbocycles. The van der Waals surface area contributed by atoms with Gasteiger partial charge in [-0.05, 0) is 34.6 Å². The van der Waals surface area contributed by atoms with E-state index >= 15 is 0 Å². The molecule has 1 amide bonds. The number of amides is 1. The van der Waals surface area contributed by atoms with Crippen LogP contribution < -0.4 is 10.6 Å². The van der Waals surface area contributed by atoms with E-state index in [1.165, 1.54) is 0 Å². The first-order valence-electron chi connectivity index (χ1n) is 6.38. The molecule has 1 heterocycles. The second-order valence-electron chi connectivity index (χ2n) is 5.47. The third-order valence-electron chi connectivity index (χ3n) is 2.69. The monoisotopic (exact) mass is 252 g/mol. The highest BCUT2D eigenvalue weighted by Crippen LogP contribution is 2.11. The minimum absolute atomic E-state index is 0.0208. The van der Waals surface area contributed by atoms with E-state index in [1.54, 1.807) is 12.5 Å². The normalized spacial score (nSPS) is 13.4. The quantitative estimate of drug-likeness (QED) is 0.834. The Hall–Kier alpha value is -1.36. The van der Waals surface area contributed by atoms with Gasteiger partial charge in [-0.3, -0.25) is 4.79 Å². The molecule has 0 aliphatic heterocycles. The molecule has 5 heteroatoms. The molecule has 5 nitrogen and oxygen atoms in total. The van der Waals surface area contributed by atoms with Crippen LogP contribution >= 0.6 is 0 Å². The van der Waals surface area contributed by atoms with E-state index in [0.29, 0.717) is 13.1 Å². The summed E-state index contributed by atoms with van der Waals surface area (Å²) >= 11 is 0. The molecule has 0 fully saturated rings. The number of likely N-dealkylation sites (N-methyl/N-ethyl adjacent to an activating group) is 1. The maximum absolute atomic E-state index is 11.8. The Labute approximate surface area is 109 Å². The number of nitrogens with one attached hydrogen (secondary N) is 2. The van der Waals surface area contributed by atoms with Crippen molar-refractivity contribution in [3.8, 4) is 0 Å². The van der Waals surface area contributed by atoms with Crippen molar-refractivity contribution >= 4 is 5.91 Å². The minimum Gasteiger partial charge on any atom is -0.355 e. The topological polar surface area (TPSA) is 59.0 Å². The van der Waals surface area contributed by atoms with Crippen molar-refractivity contribution in [1.82, 2.24) is 20.2 Å². The van der Waals surface area contributed by atoms with Crippen molar-refractivity contribution in [2.75, 3.05) is 6.54 Å². The zero-order valence-corrected chi connectivity index (χ0v) is 11.9. The van der Waals surface area contributed by atoms with Gasteiger partial charge in [-0.2, -0.15) is 0 Å². The van der Waals surface area contributed by atoms with Crippen molar-refractivity contribution in [1.29, 1.82) is 0 Å². The smallest absolute Gasteiger partial charge is 0.242 e. The molecule has 0 aromatic carbocycles. The number of aromatic nitrogens is 2. The van der Waals surface area contributed by atoms with Crippen LogP contribution in [0, 0.1) is 0 Å². The fraction of sp³-hybridized carbons (Fsp3) is 0.692. The molecule has 1 atom stereocenters. The Balaban J connectivity index is 2.73. The average molecular weight is 252 g/mol. The fourth-order valence-corrected chi connectivity index (χ4v) is 1.62. The maximum atomic E-state index is 11.8. The summed E-state index contributed by atoms with van der Waals surface area (Å²) in [6.45, 7) is 11.5. The molecule has 0 bridgehead atoms. The SMILES string of the molecule is CCNC(=O)C(C)n1cncc1CNC(C)(C)C. The van der Waals surface area contributed by atoms with Crippen LogP contribution in [0.15, 0.2) is 12.5 Å². The van der Waals surface area contributed by atoms with Gasteiger partial charge in [0.2, 0.25) is 5.91 Å². The van der Waals surface area contributed by atoms with Crippen LogP contribution in [-0.2, 0) is 11.3 Å². The summed E-state index contributed by atoms with van der Waals surface area (Å²) in [5.41, 5.74) is 1.06. The van der Waals surface area contributed by atoms with Crippen molar-refractivity contribution < 1.29 is 4.79 Å². The number of carbonyl (C=O) groups is 1. The van der Waals surface area contributed by atoms with Crippen LogP contribution in [-0.4, -0.2) is 27.5 Å². The van der Waals surface area contributed by atoms with Crippen molar-refractivity contribution in [2.24, 2.45) is 0 Å². The predicted molar refractivity (Wildman–Crippen MR) is 72.2 cm³/mol. The lowest BCUT2D eigenvalue weighted by Crippen LogP contribution is -2.37. The second-order valence-corrected chi connectivity index (χ2v) is 5.47. The second kappa shape index (κ2) is 6.00. The molecule has 1 aromatic heterocycles. The Kier molecular flexibility index (Phi) is 4.90. The first kappa shape index (κ1) is 14.7. The first-order valence-corrected chi connectivity index (χ1v) is 6.38. The van der Waals surface area contributed by atoms with Crippen molar-refractivity contribution in [3.05, 3.63) is 18.2 Å². The molecule has 102 valence electrons. The summed E-state index contributed by atoms with van der Waals surface area (Å²) in [7, 11) is 0. The van der Waals surface area contributed by atoms with E-state index in [2.05, 4.69) is 36.4 Å². The van der Waals surface area contributed by atoms with Crippen LogP contribution in [0.3, 0.4) is 0 Å². The van der Waals surface area contributed by atoms with Crippen LogP contribution in [0.5, 0.6) is 0 Å². The third-order valence-corrected chi connectivity index (χ3v) is 2.69. The highest BCUT2D eigenvalue weighted by atomic mass is 16.2. The van der Waals surface area contributed by atoms with Gasteiger partial charge < -0.3 is 15.2 Å². The molecule has 0 radical (unpaired) electrons. The highest BCUT2D eigenvalue weighted by Gasteiger charge is 2.17. The van der Waals surface area contributed by atoms with E-state index in [4.69, 9.17) is 0 Å². The molecule has 18 heavy (non-hydrogen) atoms. The van der Waals surface area contributed by atoms with Gasteiger partial charge in [0.25, 0.3) is 0 Å². The predicted octanol–water partition coefficient (Wildman–Crippen LogP) is 1.47. The molecular formula is C13H24N4O. The van der Waals surface area contributed by atoms with Gasteiger partial charge in [-0.25, -0.2) is 4.98 Å². The van der Waals surface area contributed by atoms with E-state index in [1.807, 2.05) is 18.4 Å². The van der Waals surface area contributed by atoms with Crippen molar-refractivity contribution in [3.63, 3.8) is 0 Å².